The molecule has 0 saturated heterocycles. The van der Waals surface area contributed by atoms with Crippen LogP contribution >= 0.6 is 0 Å². The van der Waals surface area contributed by atoms with E-state index in [2.05, 4.69) is 0 Å². The molecule has 0 aliphatic carbocycles. The number of rotatable bonds is 10. The quantitative estimate of drug-likeness (QED) is 0.668. The van der Waals surface area contributed by atoms with E-state index in [4.69, 9.17) is 33.4 Å². The molecule has 142 valence electrons. The van der Waals surface area contributed by atoms with Crippen molar-refractivity contribution in [2.24, 2.45) is 0 Å². The van der Waals surface area contributed by atoms with Crippen LogP contribution in [0.3, 0.4) is 0 Å². The molecule has 0 aliphatic heterocycles. The van der Waals surface area contributed by atoms with E-state index in [-0.39, 0.29) is 17.6 Å². The Hall–Kier alpha value is -2.20. The molecule has 1 N–H and O–H groups in total. The SMILES string of the molecule is [2H]c1c([2H])c(OC([2H])([2H])C([2H])(O)CCCC([2H])([2H])c2c([2H])c([2H])c(OC([2H])([2H])[2H])c(OC)c2[2H])c([2H])c(C)c1C. The second-order valence-electron chi connectivity index (χ2n) is 5.35. The molecule has 1 unspecified atom stereocenters. The zero-order chi connectivity index (χ0) is 31.2. The maximum atomic E-state index is 10.6. The Labute approximate surface area is 176 Å². The lowest BCUT2D eigenvalue weighted by atomic mass is 10.0. The van der Waals surface area contributed by atoms with E-state index < -0.39 is 92.3 Å². The lowest BCUT2D eigenvalue weighted by Gasteiger charge is -2.13. The van der Waals surface area contributed by atoms with Crippen LogP contribution in [-0.4, -0.2) is 31.9 Å². The summed E-state index contributed by atoms with van der Waals surface area (Å²) >= 11 is 0. The van der Waals surface area contributed by atoms with Crippen molar-refractivity contribution in [2.75, 3.05) is 20.7 Å². The summed E-state index contributed by atoms with van der Waals surface area (Å²) in [4.78, 5) is 0. The van der Waals surface area contributed by atoms with Crippen molar-refractivity contribution in [3.63, 3.8) is 0 Å². The molecule has 0 aromatic heterocycles. The summed E-state index contributed by atoms with van der Waals surface area (Å²) in [6, 6.07) is -3.68. The summed E-state index contributed by atoms with van der Waals surface area (Å²) in [5.41, 5.74) is -0.0551. The monoisotopic (exact) mass is 372 g/mol. The van der Waals surface area contributed by atoms with Crippen molar-refractivity contribution < 1.29 is 38.5 Å². The van der Waals surface area contributed by atoms with Gasteiger partial charge < -0.3 is 19.3 Å². The molecule has 0 heterocycles. The minimum atomic E-state index is -3.20. The van der Waals surface area contributed by atoms with Gasteiger partial charge >= 0.3 is 0 Å². The molecule has 0 aliphatic rings. The minimum Gasteiger partial charge on any atom is -0.493 e. The number of hydrogen-bond acceptors (Lipinski definition) is 4. The van der Waals surface area contributed by atoms with Gasteiger partial charge in [0.2, 0.25) is 0 Å². The average molecular weight is 373 g/mol. The van der Waals surface area contributed by atoms with Gasteiger partial charge in [-0.1, -0.05) is 18.5 Å². The molecule has 2 aromatic rings. The first-order valence-electron chi connectivity index (χ1n) is 14.9. The summed E-state index contributed by atoms with van der Waals surface area (Å²) in [5, 5.41) is 10.6. The van der Waals surface area contributed by atoms with Crippen LogP contribution in [0, 0.1) is 13.8 Å². The molecule has 0 amide bonds. The number of methoxy groups -OCH3 is 2. The first-order chi connectivity index (χ1) is 18.0. The Kier molecular flexibility index (Phi) is 3.18. The Balaban J connectivity index is 2.33. The minimum absolute atomic E-state index is 0.255. The van der Waals surface area contributed by atoms with E-state index in [1.54, 1.807) is 0 Å². The first kappa shape index (κ1) is 8.22. The third-order valence-corrected chi connectivity index (χ3v) is 3.44. The molecule has 26 heavy (non-hydrogen) atoms. The van der Waals surface area contributed by atoms with Crippen molar-refractivity contribution in [1.29, 1.82) is 0 Å². The van der Waals surface area contributed by atoms with Gasteiger partial charge in [-0.2, -0.15) is 0 Å². The van der Waals surface area contributed by atoms with Crippen LogP contribution in [0.4, 0.5) is 0 Å². The second kappa shape index (κ2) is 10.1. The number of ether oxygens (including phenoxy) is 3. The average Bonchev–Trinajstić information content (AvgIpc) is 2.81. The predicted octanol–water partition coefficient (Wildman–Crippen LogP) is 4.47. The van der Waals surface area contributed by atoms with Crippen LogP contribution in [0.1, 0.15) is 55.1 Å². The van der Waals surface area contributed by atoms with Gasteiger partial charge in [-0.05, 0) is 73.9 Å². The highest BCUT2D eigenvalue weighted by Crippen LogP contribution is 2.28. The van der Waals surface area contributed by atoms with Crippen LogP contribution in [0.5, 0.6) is 17.2 Å². The summed E-state index contributed by atoms with van der Waals surface area (Å²) in [6.07, 6.45) is -7.26. The Bertz CT molecular complexity index is 1240. The third kappa shape index (κ3) is 5.95. The van der Waals surface area contributed by atoms with Crippen LogP contribution < -0.4 is 14.2 Å². The summed E-state index contributed by atoms with van der Waals surface area (Å²) in [5.74, 6) is -1.93. The highest BCUT2D eigenvalue weighted by atomic mass is 16.5. The second-order valence-corrected chi connectivity index (χ2v) is 5.35. The molecule has 4 heteroatoms. The molecule has 2 rings (SSSR count). The summed E-state index contributed by atoms with van der Waals surface area (Å²) in [6.45, 7) is -0.210. The lowest BCUT2D eigenvalue weighted by Crippen LogP contribution is -2.17. The van der Waals surface area contributed by atoms with Crippen molar-refractivity contribution >= 4 is 0 Å². The van der Waals surface area contributed by atoms with Crippen molar-refractivity contribution in [3.05, 3.63) is 52.9 Å². The van der Waals surface area contributed by atoms with Crippen LogP contribution in [0.25, 0.3) is 0 Å². The maximum absolute atomic E-state index is 10.6. The Morgan fingerprint density at radius 2 is 1.96 bits per heavy atom. The van der Waals surface area contributed by atoms with Crippen molar-refractivity contribution in [3.8, 4) is 17.2 Å². The normalized spacial score (nSPS) is 22.5. The van der Waals surface area contributed by atoms with Gasteiger partial charge in [0.1, 0.15) is 12.3 Å². The molecule has 0 bridgehead atoms. The van der Waals surface area contributed by atoms with Gasteiger partial charge in [-0.3, -0.25) is 0 Å². The Morgan fingerprint density at radius 1 is 1.12 bits per heavy atom. The van der Waals surface area contributed by atoms with Gasteiger partial charge in [0.05, 0.1) is 36.7 Å². The molecule has 2 aromatic carbocycles. The lowest BCUT2D eigenvalue weighted by molar-refractivity contribution is 0.0976. The zero-order valence-electron chi connectivity index (χ0n) is 28.8. The molecule has 0 radical (unpaired) electrons. The van der Waals surface area contributed by atoms with E-state index in [9.17, 15) is 5.11 Å². The molecule has 4 nitrogen and oxygen atoms in total. The standard InChI is InChI=1S/C22H30O4/c1-16-9-11-20(13-17(16)2)26-15-19(23)8-6-5-7-18-10-12-21(24-3)22(14-18)25-4/h9-14,19,23H,5-8,15H2,1-4H3/i3D3,7D2,9D,10D,11D,12D,13D,14D,15D2,19D. The molecule has 0 saturated carbocycles. The maximum Gasteiger partial charge on any atom is 0.160 e. The van der Waals surface area contributed by atoms with Gasteiger partial charge in [-0.15, -0.1) is 0 Å². The fraction of sp³-hybridized carbons (Fsp3) is 0.455. The number of aliphatic hydroxyl groups is 1. The first-order valence-corrected chi connectivity index (χ1v) is 7.86. The predicted molar refractivity (Wildman–Crippen MR) is 105 cm³/mol. The van der Waals surface area contributed by atoms with Gasteiger partial charge in [0, 0.05) is 2.74 Å². The summed E-state index contributed by atoms with van der Waals surface area (Å²) < 4.78 is 127. The molecule has 0 fully saturated rings. The van der Waals surface area contributed by atoms with E-state index in [0.717, 1.165) is 7.11 Å². The van der Waals surface area contributed by atoms with E-state index in [0.29, 0.717) is 5.56 Å². The largest absolute Gasteiger partial charge is 0.493 e. The van der Waals surface area contributed by atoms with Gasteiger partial charge in [-0.25, -0.2) is 0 Å². The third-order valence-electron chi connectivity index (χ3n) is 3.44. The molecule has 0 spiro atoms. The zero-order valence-corrected chi connectivity index (χ0v) is 14.8. The van der Waals surface area contributed by atoms with Crippen LogP contribution in [0.2, 0.25) is 0 Å². The van der Waals surface area contributed by atoms with E-state index in [1.165, 1.54) is 13.8 Å². The molecular formula is C22H30O4. The molecule has 1 atom stereocenters. The van der Waals surface area contributed by atoms with E-state index in [1.807, 2.05) is 0 Å². The fourth-order valence-corrected chi connectivity index (χ4v) is 1.90. The molecular weight excluding hydrogens is 328 g/mol. The van der Waals surface area contributed by atoms with Crippen molar-refractivity contribution in [1.82, 2.24) is 0 Å². The smallest absolute Gasteiger partial charge is 0.160 e. The van der Waals surface area contributed by atoms with Crippen LogP contribution in [-0.2, 0) is 6.37 Å². The van der Waals surface area contributed by atoms with Crippen LogP contribution in [0.15, 0.2) is 36.3 Å². The number of benzene rings is 2. The highest BCUT2D eigenvalue weighted by Gasteiger charge is 2.07. The highest BCUT2D eigenvalue weighted by molar-refractivity contribution is 5.42. The number of hydrogen-bond donors (Lipinski definition) is 1. The van der Waals surface area contributed by atoms with Gasteiger partial charge in [0.25, 0.3) is 0 Å². The van der Waals surface area contributed by atoms with Gasteiger partial charge in [0.15, 0.2) is 11.5 Å². The summed E-state index contributed by atoms with van der Waals surface area (Å²) in [7, 11) is -1.99. The van der Waals surface area contributed by atoms with E-state index >= 15 is 0 Å². The fourth-order valence-electron chi connectivity index (χ4n) is 1.90. The topological polar surface area (TPSA) is 47.9 Å². The Morgan fingerprint density at radius 3 is 2.73 bits per heavy atom. The van der Waals surface area contributed by atoms with Crippen molar-refractivity contribution in [2.45, 2.75) is 45.6 Å².